The van der Waals surface area contributed by atoms with E-state index in [-0.39, 0.29) is 24.6 Å². The number of rotatable bonds is 6. The molecule has 2 atom stereocenters. The highest BCUT2D eigenvalue weighted by Gasteiger charge is 2.35. The van der Waals surface area contributed by atoms with Crippen LogP contribution in [0.1, 0.15) is 45.6 Å². The molecule has 0 unspecified atom stereocenters. The summed E-state index contributed by atoms with van der Waals surface area (Å²) in [5, 5.41) is 4.87. The molecule has 1 fully saturated rings. The molecule has 1 aliphatic heterocycles. The molecule has 0 radical (unpaired) electrons. The van der Waals surface area contributed by atoms with Crippen LogP contribution >= 0.6 is 0 Å². The maximum absolute atomic E-state index is 12.3. The molecule has 0 saturated carbocycles. The summed E-state index contributed by atoms with van der Waals surface area (Å²) in [6.07, 6.45) is 1.99. The molecule has 0 spiro atoms. The van der Waals surface area contributed by atoms with Gasteiger partial charge in [-0.05, 0) is 79.4 Å². The summed E-state index contributed by atoms with van der Waals surface area (Å²) in [5.74, 6) is -0.243. The Morgan fingerprint density at radius 2 is 1.66 bits per heavy atom. The molecule has 5 nitrogen and oxygen atoms in total. The lowest BCUT2D eigenvalue weighted by molar-refractivity contribution is -0.157. The first kappa shape index (κ1) is 22.8. The SMILES string of the molecule is CC(C)(C)OC(=O)C[C@H]1C[C@@H](CCN)OB(Cc2ccc3cc4ccccc4cc3c2)O1. The van der Waals surface area contributed by atoms with Crippen LogP contribution in [0.2, 0.25) is 0 Å². The lowest BCUT2D eigenvalue weighted by Gasteiger charge is -2.34. The summed E-state index contributed by atoms with van der Waals surface area (Å²) in [4.78, 5) is 12.3. The van der Waals surface area contributed by atoms with Crippen molar-refractivity contribution in [3.8, 4) is 0 Å². The molecular weight excluding hydrogens is 401 g/mol. The van der Waals surface area contributed by atoms with Crippen molar-refractivity contribution in [1.29, 1.82) is 0 Å². The zero-order chi connectivity index (χ0) is 22.7. The molecular formula is C26H32BNO4. The van der Waals surface area contributed by atoms with E-state index in [0.717, 1.165) is 12.0 Å². The fraction of sp³-hybridized carbons (Fsp3) is 0.423. The summed E-state index contributed by atoms with van der Waals surface area (Å²) in [6, 6.07) is 19.3. The normalized spacial score (nSPS) is 19.4. The monoisotopic (exact) mass is 433 g/mol. The third-order valence-electron chi connectivity index (χ3n) is 5.69. The van der Waals surface area contributed by atoms with E-state index in [1.807, 2.05) is 20.8 Å². The second kappa shape index (κ2) is 9.61. The zero-order valence-electron chi connectivity index (χ0n) is 19.2. The third-order valence-corrected chi connectivity index (χ3v) is 5.69. The highest BCUT2D eigenvalue weighted by molar-refractivity contribution is 6.44. The number of fused-ring (bicyclic) bond motifs is 2. The van der Waals surface area contributed by atoms with E-state index in [2.05, 4.69) is 54.6 Å². The number of hydrogen-bond acceptors (Lipinski definition) is 5. The van der Waals surface area contributed by atoms with E-state index in [1.54, 1.807) is 0 Å². The van der Waals surface area contributed by atoms with Crippen LogP contribution < -0.4 is 5.73 Å². The van der Waals surface area contributed by atoms with Crippen molar-refractivity contribution < 1.29 is 18.8 Å². The molecule has 4 rings (SSSR count). The molecule has 1 heterocycles. The van der Waals surface area contributed by atoms with Crippen LogP contribution in [0, 0.1) is 0 Å². The van der Waals surface area contributed by atoms with E-state index in [9.17, 15) is 4.79 Å². The molecule has 3 aromatic rings. The minimum absolute atomic E-state index is 0.0180. The Morgan fingerprint density at radius 1 is 1.00 bits per heavy atom. The van der Waals surface area contributed by atoms with E-state index in [1.165, 1.54) is 21.5 Å². The second-order valence-electron chi connectivity index (χ2n) is 9.63. The zero-order valence-corrected chi connectivity index (χ0v) is 19.2. The van der Waals surface area contributed by atoms with Gasteiger partial charge in [0.25, 0.3) is 0 Å². The van der Waals surface area contributed by atoms with Crippen LogP contribution in [0.4, 0.5) is 0 Å². The third kappa shape index (κ3) is 5.88. The Hall–Kier alpha value is -2.41. The summed E-state index contributed by atoms with van der Waals surface area (Å²) in [6.45, 7) is 6.16. The first-order chi connectivity index (χ1) is 15.3. The Labute approximate surface area is 190 Å². The van der Waals surface area contributed by atoms with Gasteiger partial charge in [-0.1, -0.05) is 42.5 Å². The standard InChI is InChI=1S/C26H32BNO4/c1-26(2,3)30-25(29)16-24-15-23(10-11-28)31-27(32-24)17-18-8-9-21-13-19-6-4-5-7-20(19)14-22(21)12-18/h4-9,12-14,23-24H,10-11,15-17,28H2,1-3H3/t23-,24-/m1/s1. The van der Waals surface area contributed by atoms with Gasteiger partial charge >= 0.3 is 13.1 Å². The summed E-state index contributed by atoms with van der Waals surface area (Å²) in [7, 11) is -0.411. The molecule has 6 heteroatoms. The number of nitrogens with two attached hydrogens (primary N) is 1. The van der Waals surface area contributed by atoms with E-state index in [4.69, 9.17) is 19.8 Å². The average Bonchev–Trinajstić information content (AvgIpc) is 2.71. The molecule has 0 bridgehead atoms. The van der Waals surface area contributed by atoms with Crippen molar-refractivity contribution in [2.75, 3.05) is 6.54 Å². The molecule has 32 heavy (non-hydrogen) atoms. The highest BCUT2D eigenvalue weighted by atomic mass is 16.6. The summed E-state index contributed by atoms with van der Waals surface area (Å²) >= 11 is 0. The molecule has 1 saturated heterocycles. The first-order valence-corrected chi connectivity index (χ1v) is 11.4. The predicted octanol–water partition coefficient (Wildman–Crippen LogP) is 4.82. The maximum atomic E-state index is 12.3. The Kier molecular flexibility index (Phi) is 6.84. The van der Waals surface area contributed by atoms with Crippen LogP contribution in [0.25, 0.3) is 21.5 Å². The van der Waals surface area contributed by atoms with Gasteiger partial charge < -0.3 is 19.8 Å². The van der Waals surface area contributed by atoms with Crippen LogP contribution in [-0.2, 0) is 25.2 Å². The predicted molar refractivity (Wildman–Crippen MR) is 129 cm³/mol. The minimum Gasteiger partial charge on any atom is -0.460 e. The van der Waals surface area contributed by atoms with Gasteiger partial charge in [0.1, 0.15) is 5.60 Å². The number of carbonyl (C=O) groups excluding carboxylic acids is 1. The van der Waals surface area contributed by atoms with Crippen molar-refractivity contribution in [3.63, 3.8) is 0 Å². The van der Waals surface area contributed by atoms with Crippen LogP contribution in [0.5, 0.6) is 0 Å². The number of carbonyl (C=O) groups is 1. The molecule has 0 amide bonds. The van der Waals surface area contributed by atoms with Gasteiger partial charge in [0.05, 0.1) is 12.5 Å². The van der Waals surface area contributed by atoms with Gasteiger partial charge in [0, 0.05) is 12.4 Å². The number of ether oxygens (including phenoxy) is 1. The van der Waals surface area contributed by atoms with Gasteiger partial charge in [-0.2, -0.15) is 0 Å². The largest absolute Gasteiger partial charge is 0.461 e. The fourth-order valence-electron chi connectivity index (χ4n) is 4.34. The van der Waals surface area contributed by atoms with Crippen molar-refractivity contribution in [3.05, 3.63) is 60.2 Å². The quantitative estimate of drug-likeness (QED) is 0.343. The topological polar surface area (TPSA) is 70.8 Å². The van der Waals surface area contributed by atoms with Crippen molar-refractivity contribution in [2.45, 2.75) is 64.2 Å². The highest BCUT2D eigenvalue weighted by Crippen LogP contribution is 2.27. The Bertz CT molecular complexity index is 1090. The van der Waals surface area contributed by atoms with Crippen LogP contribution in [-0.4, -0.2) is 37.4 Å². The van der Waals surface area contributed by atoms with Gasteiger partial charge in [0.2, 0.25) is 0 Å². The van der Waals surface area contributed by atoms with Crippen LogP contribution in [0.3, 0.4) is 0 Å². The molecule has 168 valence electrons. The Morgan fingerprint density at radius 3 is 2.34 bits per heavy atom. The number of benzene rings is 3. The van der Waals surface area contributed by atoms with Gasteiger partial charge in [0.15, 0.2) is 0 Å². The lowest BCUT2D eigenvalue weighted by Crippen LogP contribution is -2.44. The second-order valence-corrected chi connectivity index (χ2v) is 9.63. The van der Waals surface area contributed by atoms with Crippen molar-refractivity contribution in [1.82, 2.24) is 0 Å². The van der Waals surface area contributed by atoms with E-state index in [0.29, 0.717) is 19.3 Å². The van der Waals surface area contributed by atoms with Crippen molar-refractivity contribution in [2.24, 2.45) is 5.73 Å². The van der Waals surface area contributed by atoms with E-state index >= 15 is 0 Å². The smallest absolute Gasteiger partial charge is 0.460 e. The molecule has 0 aliphatic carbocycles. The van der Waals surface area contributed by atoms with Gasteiger partial charge in [-0.15, -0.1) is 0 Å². The number of hydrogen-bond donors (Lipinski definition) is 1. The average molecular weight is 433 g/mol. The first-order valence-electron chi connectivity index (χ1n) is 11.4. The Balaban J connectivity index is 1.49. The van der Waals surface area contributed by atoms with Crippen molar-refractivity contribution >= 4 is 34.6 Å². The summed E-state index contributed by atoms with van der Waals surface area (Å²) in [5.41, 5.74) is 6.42. The van der Waals surface area contributed by atoms with Crippen LogP contribution in [0.15, 0.2) is 54.6 Å². The minimum atomic E-state index is -0.506. The molecule has 3 aromatic carbocycles. The molecule has 0 aromatic heterocycles. The fourth-order valence-corrected chi connectivity index (χ4v) is 4.34. The maximum Gasteiger partial charge on any atom is 0.461 e. The van der Waals surface area contributed by atoms with E-state index < -0.39 is 12.7 Å². The molecule has 1 aliphatic rings. The molecule has 2 N–H and O–H groups in total. The van der Waals surface area contributed by atoms with Gasteiger partial charge in [-0.3, -0.25) is 4.79 Å². The van der Waals surface area contributed by atoms with Gasteiger partial charge in [-0.25, -0.2) is 0 Å². The number of esters is 1. The lowest BCUT2D eigenvalue weighted by atomic mass is 9.77. The summed E-state index contributed by atoms with van der Waals surface area (Å²) < 4.78 is 17.8.